The third kappa shape index (κ3) is 3.08. The van der Waals surface area contributed by atoms with Crippen molar-refractivity contribution in [2.75, 3.05) is 7.05 Å². The van der Waals surface area contributed by atoms with Gasteiger partial charge in [-0.2, -0.15) is 0 Å². The molecule has 3 rings (SSSR count). The van der Waals surface area contributed by atoms with E-state index >= 15 is 0 Å². The van der Waals surface area contributed by atoms with E-state index in [-0.39, 0.29) is 5.91 Å². The minimum atomic E-state index is -0.0703. The molecule has 0 atom stereocenters. The Morgan fingerprint density at radius 3 is 2.65 bits per heavy atom. The number of hydrogen-bond donors (Lipinski definition) is 0. The zero-order valence-electron chi connectivity index (χ0n) is 13.8. The average Bonchev–Trinajstić information content (AvgIpc) is 2.91. The van der Waals surface area contributed by atoms with Crippen LogP contribution in [-0.2, 0) is 6.54 Å². The fourth-order valence-corrected chi connectivity index (χ4v) is 2.62. The van der Waals surface area contributed by atoms with Gasteiger partial charge in [-0.15, -0.1) is 0 Å². The molecular formula is C18H19N3O2. The van der Waals surface area contributed by atoms with E-state index in [0.717, 1.165) is 33.6 Å². The maximum absolute atomic E-state index is 12.7. The summed E-state index contributed by atoms with van der Waals surface area (Å²) in [4.78, 5) is 18.9. The Hall–Kier alpha value is -2.69. The lowest BCUT2D eigenvalue weighted by atomic mass is 10.1. The van der Waals surface area contributed by atoms with Crippen molar-refractivity contribution < 1.29 is 9.32 Å². The van der Waals surface area contributed by atoms with Crippen LogP contribution in [-0.4, -0.2) is 28.0 Å². The smallest absolute Gasteiger partial charge is 0.255 e. The molecule has 5 heteroatoms. The lowest BCUT2D eigenvalue weighted by Gasteiger charge is -2.17. The van der Waals surface area contributed by atoms with E-state index in [1.54, 1.807) is 11.9 Å². The number of carbonyl (C=O) groups excluding carboxylic acids is 1. The van der Waals surface area contributed by atoms with E-state index in [2.05, 4.69) is 10.1 Å². The van der Waals surface area contributed by atoms with Crippen LogP contribution in [0.5, 0.6) is 0 Å². The van der Waals surface area contributed by atoms with Crippen LogP contribution < -0.4 is 0 Å². The zero-order chi connectivity index (χ0) is 16.6. The van der Waals surface area contributed by atoms with Crippen LogP contribution in [0.3, 0.4) is 0 Å². The van der Waals surface area contributed by atoms with Crippen LogP contribution in [0.2, 0.25) is 0 Å². The Morgan fingerprint density at radius 2 is 1.96 bits per heavy atom. The van der Waals surface area contributed by atoms with Crippen molar-refractivity contribution in [1.82, 2.24) is 15.0 Å². The summed E-state index contributed by atoms with van der Waals surface area (Å²) in [6.07, 6.45) is 0. The van der Waals surface area contributed by atoms with Crippen molar-refractivity contribution in [1.29, 1.82) is 0 Å². The van der Waals surface area contributed by atoms with E-state index in [1.165, 1.54) is 0 Å². The SMILES string of the molecule is Cc1ccc2nc(C)c(C(=O)N(C)Cc3cc(C)on3)cc2c1. The predicted molar refractivity (Wildman–Crippen MR) is 88.3 cm³/mol. The summed E-state index contributed by atoms with van der Waals surface area (Å²) in [5.41, 5.74) is 4.13. The number of hydrogen-bond acceptors (Lipinski definition) is 4. The highest BCUT2D eigenvalue weighted by Gasteiger charge is 2.17. The first kappa shape index (κ1) is 15.2. The van der Waals surface area contributed by atoms with Crippen molar-refractivity contribution >= 4 is 16.8 Å². The third-order valence-corrected chi connectivity index (χ3v) is 3.81. The van der Waals surface area contributed by atoms with E-state index in [4.69, 9.17) is 4.52 Å². The molecule has 0 bridgehead atoms. The number of benzene rings is 1. The van der Waals surface area contributed by atoms with Gasteiger partial charge in [-0.25, -0.2) is 0 Å². The highest BCUT2D eigenvalue weighted by Crippen LogP contribution is 2.19. The first-order valence-electron chi connectivity index (χ1n) is 7.49. The number of pyridine rings is 1. The summed E-state index contributed by atoms with van der Waals surface area (Å²) in [6.45, 7) is 6.12. The van der Waals surface area contributed by atoms with Crippen LogP contribution in [0.15, 0.2) is 34.9 Å². The molecule has 0 radical (unpaired) electrons. The van der Waals surface area contributed by atoms with E-state index < -0.39 is 0 Å². The van der Waals surface area contributed by atoms with Gasteiger partial charge in [0, 0.05) is 18.5 Å². The second-order valence-electron chi connectivity index (χ2n) is 5.91. The monoisotopic (exact) mass is 309 g/mol. The van der Waals surface area contributed by atoms with Gasteiger partial charge in [-0.05, 0) is 39.0 Å². The Labute approximate surface area is 134 Å². The molecule has 2 heterocycles. The summed E-state index contributed by atoms with van der Waals surface area (Å²) < 4.78 is 5.05. The zero-order valence-corrected chi connectivity index (χ0v) is 13.8. The van der Waals surface area contributed by atoms with Gasteiger partial charge in [0.15, 0.2) is 0 Å². The van der Waals surface area contributed by atoms with Crippen LogP contribution in [0, 0.1) is 20.8 Å². The molecule has 0 aliphatic heterocycles. The molecule has 1 aromatic carbocycles. The molecular weight excluding hydrogens is 290 g/mol. The Kier molecular flexibility index (Phi) is 3.86. The van der Waals surface area contributed by atoms with E-state index in [9.17, 15) is 4.79 Å². The molecule has 23 heavy (non-hydrogen) atoms. The number of nitrogens with zero attached hydrogens (tertiary/aromatic N) is 3. The fourth-order valence-electron chi connectivity index (χ4n) is 2.62. The highest BCUT2D eigenvalue weighted by molar-refractivity contribution is 5.98. The summed E-state index contributed by atoms with van der Waals surface area (Å²) in [7, 11) is 1.76. The molecule has 0 saturated carbocycles. The van der Waals surface area contributed by atoms with Gasteiger partial charge in [-0.3, -0.25) is 9.78 Å². The fraction of sp³-hybridized carbons (Fsp3) is 0.278. The number of fused-ring (bicyclic) bond motifs is 1. The molecule has 1 amide bonds. The van der Waals surface area contributed by atoms with Crippen molar-refractivity contribution in [2.24, 2.45) is 0 Å². The molecule has 3 aromatic rings. The maximum Gasteiger partial charge on any atom is 0.255 e. The van der Waals surface area contributed by atoms with Crippen LogP contribution >= 0.6 is 0 Å². The second-order valence-corrected chi connectivity index (χ2v) is 5.91. The quantitative estimate of drug-likeness (QED) is 0.744. The van der Waals surface area contributed by atoms with Crippen molar-refractivity contribution in [3.8, 4) is 0 Å². The molecule has 0 saturated heterocycles. The summed E-state index contributed by atoms with van der Waals surface area (Å²) in [6, 6.07) is 9.79. The maximum atomic E-state index is 12.7. The predicted octanol–water partition coefficient (Wildman–Crippen LogP) is 3.42. The minimum Gasteiger partial charge on any atom is -0.361 e. The number of aryl methyl sites for hydroxylation is 3. The summed E-state index contributed by atoms with van der Waals surface area (Å²) in [5, 5.41) is 4.91. The van der Waals surface area contributed by atoms with Gasteiger partial charge in [0.1, 0.15) is 11.5 Å². The topological polar surface area (TPSA) is 59.2 Å². The molecule has 0 spiro atoms. The number of rotatable bonds is 3. The first-order chi connectivity index (χ1) is 10.9. The molecule has 0 aliphatic rings. The first-order valence-corrected chi connectivity index (χ1v) is 7.49. The average molecular weight is 309 g/mol. The molecule has 118 valence electrons. The van der Waals surface area contributed by atoms with Crippen molar-refractivity contribution in [3.63, 3.8) is 0 Å². The van der Waals surface area contributed by atoms with Crippen molar-refractivity contribution in [2.45, 2.75) is 27.3 Å². The Balaban J connectivity index is 1.91. The third-order valence-electron chi connectivity index (χ3n) is 3.81. The number of amides is 1. The molecule has 2 aromatic heterocycles. The van der Waals surface area contributed by atoms with Gasteiger partial charge in [0.25, 0.3) is 5.91 Å². The standard InChI is InChI=1S/C18H19N3O2/c1-11-5-6-17-14(7-11)9-16(13(3)19-17)18(22)21(4)10-15-8-12(2)23-20-15/h5-9H,10H2,1-4H3. The molecule has 0 N–H and O–H groups in total. The van der Waals surface area contributed by atoms with Gasteiger partial charge >= 0.3 is 0 Å². The summed E-state index contributed by atoms with van der Waals surface area (Å²) in [5.74, 6) is 0.666. The van der Waals surface area contributed by atoms with Crippen LogP contribution in [0.4, 0.5) is 0 Å². The van der Waals surface area contributed by atoms with Gasteiger partial charge in [0.2, 0.25) is 0 Å². The van der Waals surface area contributed by atoms with E-state index in [0.29, 0.717) is 12.1 Å². The highest BCUT2D eigenvalue weighted by atomic mass is 16.5. The Morgan fingerprint density at radius 1 is 1.17 bits per heavy atom. The molecule has 0 unspecified atom stereocenters. The number of carbonyl (C=O) groups is 1. The van der Waals surface area contributed by atoms with Gasteiger partial charge in [-0.1, -0.05) is 16.8 Å². The lowest BCUT2D eigenvalue weighted by Crippen LogP contribution is -2.27. The number of aromatic nitrogens is 2. The largest absolute Gasteiger partial charge is 0.361 e. The summed E-state index contributed by atoms with van der Waals surface area (Å²) >= 11 is 0. The molecule has 5 nitrogen and oxygen atoms in total. The van der Waals surface area contributed by atoms with Crippen molar-refractivity contribution in [3.05, 3.63) is 58.6 Å². The normalized spacial score (nSPS) is 11.0. The van der Waals surface area contributed by atoms with Gasteiger partial charge < -0.3 is 9.42 Å². The molecule has 0 fully saturated rings. The Bertz CT molecular complexity index is 883. The van der Waals surface area contributed by atoms with Gasteiger partial charge in [0.05, 0.1) is 23.3 Å². The minimum absolute atomic E-state index is 0.0703. The van der Waals surface area contributed by atoms with Crippen LogP contribution in [0.25, 0.3) is 10.9 Å². The lowest BCUT2D eigenvalue weighted by molar-refractivity contribution is 0.0781. The van der Waals surface area contributed by atoms with Crippen LogP contribution in [0.1, 0.15) is 33.1 Å². The van der Waals surface area contributed by atoms with E-state index in [1.807, 2.05) is 51.1 Å². The molecule has 0 aliphatic carbocycles. The second kappa shape index (κ2) is 5.83.